The van der Waals surface area contributed by atoms with Crippen LogP contribution in [0.4, 0.5) is 5.69 Å². The second kappa shape index (κ2) is 8.95. The molecule has 0 spiro atoms. The summed E-state index contributed by atoms with van der Waals surface area (Å²) in [5.74, 6) is 0. The van der Waals surface area contributed by atoms with E-state index in [2.05, 4.69) is 48.3 Å². The highest BCUT2D eigenvalue weighted by molar-refractivity contribution is 5.44. The SMILES string of the molecule is CCOCCN(CC)CCNc1ccc(C)cc1. The van der Waals surface area contributed by atoms with E-state index < -0.39 is 0 Å². The predicted octanol–water partition coefficient (Wildman–Crippen LogP) is 2.77. The van der Waals surface area contributed by atoms with Crippen LogP contribution in [-0.2, 0) is 4.74 Å². The first-order valence-corrected chi connectivity index (χ1v) is 6.87. The van der Waals surface area contributed by atoms with Crippen molar-refractivity contribution in [2.24, 2.45) is 0 Å². The highest BCUT2D eigenvalue weighted by Crippen LogP contribution is 2.07. The molecule has 18 heavy (non-hydrogen) atoms. The van der Waals surface area contributed by atoms with Crippen LogP contribution in [0.15, 0.2) is 24.3 Å². The van der Waals surface area contributed by atoms with E-state index in [-0.39, 0.29) is 0 Å². The van der Waals surface area contributed by atoms with Crippen LogP contribution in [0.25, 0.3) is 0 Å². The molecule has 0 heterocycles. The Balaban J connectivity index is 2.20. The van der Waals surface area contributed by atoms with Crippen LogP contribution >= 0.6 is 0 Å². The van der Waals surface area contributed by atoms with Crippen LogP contribution in [0.5, 0.6) is 0 Å². The molecule has 0 aromatic heterocycles. The molecule has 1 aromatic carbocycles. The normalized spacial score (nSPS) is 10.9. The molecular formula is C15H26N2O. The highest BCUT2D eigenvalue weighted by atomic mass is 16.5. The van der Waals surface area contributed by atoms with Gasteiger partial charge in [-0.2, -0.15) is 0 Å². The fraction of sp³-hybridized carbons (Fsp3) is 0.600. The molecule has 0 unspecified atom stereocenters. The molecule has 0 fully saturated rings. The van der Waals surface area contributed by atoms with E-state index in [0.29, 0.717) is 0 Å². The number of benzene rings is 1. The molecule has 0 saturated heterocycles. The number of likely N-dealkylation sites (N-methyl/N-ethyl adjacent to an activating group) is 1. The van der Waals surface area contributed by atoms with Crippen molar-refractivity contribution >= 4 is 5.69 Å². The van der Waals surface area contributed by atoms with Crippen LogP contribution in [0.2, 0.25) is 0 Å². The molecule has 0 radical (unpaired) electrons. The van der Waals surface area contributed by atoms with E-state index in [1.54, 1.807) is 0 Å². The van der Waals surface area contributed by atoms with Gasteiger partial charge in [-0.25, -0.2) is 0 Å². The Morgan fingerprint density at radius 2 is 1.83 bits per heavy atom. The standard InChI is InChI=1S/C15H26N2O/c1-4-17(12-13-18-5-2)11-10-16-15-8-6-14(3)7-9-15/h6-9,16H,4-5,10-13H2,1-3H3. The average Bonchev–Trinajstić information content (AvgIpc) is 2.39. The highest BCUT2D eigenvalue weighted by Gasteiger charge is 2.01. The molecule has 0 aliphatic rings. The van der Waals surface area contributed by atoms with E-state index in [1.165, 1.54) is 11.3 Å². The molecule has 1 aromatic rings. The lowest BCUT2D eigenvalue weighted by atomic mass is 10.2. The van der Waals surface area contributed by atoms with Crippen LogP contribution in [0, 0.1) is 6.92 Å². The molecule has 1 N–H and O–H groups in total. The molecule has 0 saturated carbocycles. The molecule has 0 aliphatic carbocycles. The van der Waals surface area contributed by atoms with E-state index >= 15 is 0 Å². The second-order valence-corrected chi connectivity index (χ2v) is 4.42. The molecule has 102 valence electrons. The predicted molar refractivity (Wildman–Crippen MR) is 78.3 cm³/mol. The number of rotatable bonds is 9. The summed E-state index contributed by atoms with van der Waals surface area (Å²) >= 11 is 0. The van der Waals surface area contributed by atoms with E-state index in [9.17, 15) is 0 Å². The number of ether oxygens (including phenoxy) is 1. The van der Waals surface area contributed by atoms with Crippen molar-refractivity contribution < 1.29 is 4.74 Å². The summed E-state index contributed by atoms with van der Waals surface area (Å²) in [6.07, 6.45) is 0. The van der Waals surface area contributed by atoms with Gasteiger partial charge in [0.1, 0.15) is 0 Å². The van der Waals surface area contributed by atoms with Gasteiger partial charge in [0, 0.05) is 31.9 Å². The van der Waals surface area contributed by atoms with E-state index in [1.807, 2.05) is 6.92 Å². The number of hydrogen-bond acceptors (Lipinski definition) is 3. The van der Waals surface area contributed by atoms with Gasteiger partial charge < -0.3 is 10.1 Å². The first-order chi connectivity index (χ1) is 8.76. The van der Waals surface area contributed by atoms with Gasteiger partial charge in [-0.1, -0.05) is 24.6 Å². The molecule has 0 bridgehead atoms. The lowest BCUT2D eigenvalue weighted by Gasteiger charge is -2.20. The zero-order valence-corrected chi connectivity index (χ0v) is 11.9. The van der Waals surface area contributed by atoms with Gasteiger partial charge in [0.2, 0.25) is 0 Å². The van der Waals surface area contributed by atoms with Crippen molar-refractivity contribution in [1.82, 2.24) is 4.90 Å². The minimum atomic E-state index is 0.805. The van der Waals surface area contributed by atoms with E-state index in [0.717, 1.165) is 39.4 Å². The number of hydrogen-bond donors (Lipinski definition) is 1. The maximum Gasteiger partial charge on any atom is 0.0593 e. The minimum absolute atomic E-state index is 0.805. The molecule has 3 nitrogen and oxygen atoms in total. The van der Waals surface area contributed by atoms with Crippen LogP contribution in [0.3, 0.4) is 0 Å². The van der Waals surface area contributed by atoms with E-state index in [4.69, 9.17) is 4.74 Å². The Labute approximate surface area is 111 Å². The van der Waals surface area contributed by atoms with Gasteiger partial charge in [-0.05, 0) is 32.5 Å². The Morgan fingerprint density at radius 1 is 1.11 bits per heavy atom. The summed E-state index contributed by atoms with van der Waals surface area (Å²) in [5.41, 5.74) is 2.49. The van der Waals surface area contributed by atoms with Gasteiger partial charge >= 0.3 is 0 Å². The first-order valence-electron chi connectivity index (χ1n) is 6.87. The lowest BCUT2D eigenvalue weighted by molar-refractivity contribution is 0.117. The average molecular weight is 250 g/mol. The number of nitrogens with zero attached hydrogens (tertiary/aromatic N) is 1. The molecular weight excluding hydrogens is 224 g/mol. The quantitative estimate of drug-likeness (QED) is 0.682. The zero-order valence-electron chi connectivity index (χ0n) is 11.9. The number of anilines is 1. The lowest BCUT2D eigenvalue weighted by Crippen LogP contribution is -2.32. The van der Waals surface area contributed by atoms with Crippen molar-refractivity contribution in [3.63, 3.8) is 0 Å². The monoisotopic (exact) mass is 250 g/mol. The van der Waals surface area contributed by atoms with Gasteiger partial charge in [-0.3, -0.25) is 4.90 Å². The molecule has 0 atom stereocenters. The van der Waals surface area contributed by atoms with Gasteiger partial charge in [0.15, 0.2) is 0 Å². The third-order valence-electron chi connectivity index (χ3n) is 3.01. The van der Waals surface area contributed by atoms with Crippen molar-refractivity contribution in [2.75, 3.05) is 44.7 Å². The van der Waals surface area contributed by atoms with Crippen LogP contribution < -0.4 is 5.32 Å². The summed E-state index contributed by atoms with van der Waals surface area (Å²) in [7, 11) is 0. The Hall–Kier alpha value is -1.06. The summed E-state index contributed by atoms with van der Waals surface area (Å²) < 4.78 is 5.38. The maximum absolute atomic E-state index is 5.38. The van der Waals surface area contributed by atoms with Crippen molar-refractivity contribution in [3.05, 3.63) is 29.8 Å². The van der Waals surface area contributed by atoms with Gasteiger partial charge in [-0.15, -0.1) is 0 Å². The second-order valence-electron chi connectivity index (χ2n) is 4.42. The maximum atomic E-state index is 5.38. The molecule has 3 heteroatoms. The molecule has 0 amide bonds. The third kappa shape index (κ3) is 6.03. The molecule has 0 aliphatic heterocycles. The number of nitrogens with one attached hydrogen (secondary N) is 1. The smallest absolute Gasteiger partial charge is 0.0593 e. The van der Waals surface area contributed by atoms with Crippen LogP contribution in [-0.4, -0.2) is 44.3 Å². The number of aryl methyl sites for hydroxylation is 1. The van der Waals surface area contributed by atoms with Gasteiger partial charge in [0.05, 0.1) is 6.61 Å². The van der Waals surface area contributed by atoms with Crippen molar-refractivity contribution in [1.29, 1.82) is 0 Å². The summed E-state index contributed by atoms with van der Waals surface area (Å²) in [6.45, 7) is 12.1. The summed E-state index contributed by atoms with van der Waals surface area (Å²) in [6, 6.07) is 8.53. The third-order valence-corrected chi connectivity index (χ3v) is 3.01. The zero-order chi connectivity index (χ0) is 13.2. The Morgan fingerprint density at radius 3 is 2.44 bits per heavy atom. The fourth-order valence-corrected chi connectivity index (χ4v) is 1.80. The molecule has 1 rings (SSSR count). The summed E-state index contributed by atoms with van der Waals surface area (Å²) in [4.78, 5) is 2.40. The van der Waals surface area contributed by atoms with Crippen LogP contribution in [0.1, 0.15) is 19.4 Å². The first kappa shape index (κ1) is 15.0. The summed E-state index contributed by atoms with van der Waals surface area (Å²) in [5, 5.41) is 3.44. The largest absolute Gasteiger partial charge is 0.384 e. The van der Waals surface area contributed by atoms with Gasteiger partial charge in [0.25, 0.3) is 0 Å². The van der Waals surface area contributed by atoms with Crippen molar-refractivity contribution in [2.45, 2.75) is 20.8 Å². The fourth-order valence-electron chi connectivity index (χ4n) is 1.80. The van der Waals surface area contributed by atoms with Crippen molar-refractivity contribution in [3.8, 4) is 0 Å². The minimum Gasteiger partial charge on any atom is -0.384 e. The topological polar surface area (TPSA) is 24.5 Å². The Kier molecular flexibility index (Phi) is 7.46. The Bertz CT molecular complexity index is 311.